The van der Waals surface area contributed by atoms with Crippen LogP contribution in [0.15, 0.2) is 17.5 Å². The number of hydrogen-bond donors (Lipinski definition) is 0. The van der Waals surface area contributed by atoms with Crippen LogP contribution >= 0.6 is 34.9 Å². The van der Waals surface area contributed by atoms with E-state index in [2.05, 4.69) is 0 Å². The summed E-state index contributed by atoms with van der Waals surface area (Å²) in [5.74, 6) is 0. The summed E-state index contributed by atoms with van der Waals surface area (Å²) in [5.41, 5.74) is 0. The molecule has 0 unspecified atom stereocenters. The van der Waals surface area contributed by atoms with Gasteiger partial charge in [-0.25, -0.2) is 0 Å². The van der Waals surface area contributed by atoms with E-state index in [0.29, 0.717) is 0 Å². The average molecular weight is 168 g/mol. The van der Waals surface area contributed by atoms with Crippen LogP contribution in [-0.2, 0) is 0 Å². The van der Waals surface area contributed by atoms with E-state index >= 15 is 0 Å². The first-order chi connectivity index (χ1) is 3.80. The fourth-order valence-electron chi connectivity index (χ4n) is 0.366. The maximum Gasteiger partial charge on any atom is 0.123 e. The van der Waals surface area contributed by atoms with Crippen LogP contribution in [0.5, 0.6) is 0 Å². The highest BCUT2D eigenvalue weighted by atomic mass is 35.5. The van der Waals surface area contributed by atoms with E-state index < -0.39 is 0 Å². The first-order valence-corrected chi connectivity index (χ1v) is 3.51. The van der Waals surface area contributed by atoms with Gasteiger partial charge in [-0.3, -0.25) is 0 Å². The minimum atomic E-state index is 0.841. The molecule has 0 atom stereocenters. The number of anilines is 1. The van der Waals surface area contributed by atoms with Gasteiger partial charge in [-0.15, -0.1) is 11.3 Å². The summed E-state index contributed by atoms with van der Waals surface area (Å²) >= 11 is 12.2. The Morgan fingerprint density at radius 1 is 1.50 bits per heavy atom. The molecule has 0 bridgehead atoms. The molecule has 0 saturated heterocycles. The number of nitrogens with zero attached hydrogens (tertiary/aromatic N) is 1. The molecule has 0 radical (unpaired) electrons. The summed E-state index contributed by atoms with van der Waals surface area (Å²) in [6.07, 6.45) is 0. The van der Waals surface area contributed by atoms with Crippen LogP contribution in [0.3, 0.4) is 0 Å². The van der Waals surface area contributed by atoms with Gasteiger partial charge in [-0.05, 0) is 17.5 Å². The van der Waals surface area contributed by atoms with Crippen LogP contribution in [-0.4, -0.2) is 0 Å². The summed E-state index contributed by atoms with van der Waals surface area (Å²) < 4.78 is 1.05. The summed E-state index contributed by atoms with van der Waals surface area (Å²) in [7, 11) is 0. The van der Waals surface area contributed by atoms with E-state index in [1.807, 2.05) is 17.5 Å². The van der Waals surface area contributed by atoms with Crippen molar-refractivity contribution in [3.05, 3.63) is 17.5 Å². The maximum atomic E-state index is 5.35. The van der Waals surface area contributed by atoms with E-state index in [1.54, 1.807) is 0 Å². The predicted octanol–water partition coefficient (Wildman–Crippen LogP) is 2.86. The lowest BCUT2D eigenvalue weighted by molar-refractivity contribution is 1.73. The molecule has 1 heterocycles. The first-order valence-electron chi connectivity index (χ1n) is 1.96. The van der Waals surface area contributed by atoms with E-state index in [0.717, 1.165) is 8.94 Å². The molecule has 1 aromatic rings. The number of hydrogen-bond acceptors (Lipinski definition) is 2. The Bertz CT molecular complexity index is 149. The van der Waals surface area contributed by atoms with E-state index in [9.17, 15) is 0 Å². The fraction of sp³-hybridized carbons (Fsp3) is 0. The molecule has 8 heavy (non-hydrogen) atoms. The molecule has 0 aromatic carbocycles. The van der Waals surface area contributed by atoms with Crippen molar-refractivity contribution in [2.45, 2.75) is 0 Å². The second-order valence-corrected chi connectivity index (χ2v) is 2.96. The van der Waals surface area contributed by atoms with Gasteiger partial charge in [0.1, 0.15) is 5.00 Å². The molecule has 0 fully saturated rings. The summed E-state index contributed by atoms with van der Waals surface area (Å²) in [6, 6.07) is 3.72. The van der Waals surface area contributed by atoms with Gasteiger partial charge in [0, 0.05) is 23.6 Å². The molecule has 1 nitrogen and oxygen atoms in total. The molecule has 0 aliphatic heterocycles. The van der Waals surface area contributed by atoms with Gasteiger partial charge in [-0.2, -0.15) is 3.94 Å². The fourth-order valence-corrected chi connectivity index (χ4v) is 1.25. The topological polar surface area (TPSA) is 3.24 Å². The second-order valence-electron chi connectivity index (χ2n) is 1.18. The Balaban J connectivity index is 2.77. The zero-order valence-corrected chi connectivity index (χ0v) is 6.17. The summed E-state index contributed by atoms with van der Waals surface area (Å²) in [4.78, 5) is 0. The Morgan fingerprint density at radius 2 is 2.25 bits per heavy atom. The van der Waals surface area contributed by atoms with Crippen LogP contribution in [0.2, 0.25) is 0 Å². The smallest absolute Gasteiger partial charge is 0.123 e. The van der Waals surface area contributed by atoms with Crippen LogP contribution in [0.25, 0.3) is 0 Å². The predicted molar refractivity (Wildman–Crippen MR) is 38.5 cm³/mol. The molecule has 0 aliphatic rings. The van der Waals surface area contributed by atoms with Gasteiger partial charge in [0.05, 0.1) is 0 Å². The quantitative estimate of drug-likeness (QED) is 0.582. The molecule has 0 aliphatic carbocycles. The van der Waals surface area contributed by atoms with Gasteiger partial charge in [0.25, 0.3) is 0 Å². The lowest BCUT2D eigenvalue weighted by atomic mass is 10.6. The highest BCUT2D eigenvalue weighted by Gasteiger charge is 1.96. The van der Waals surface area contributed by atoms with Crippen LogP contribution in [0.4, 0.5) is 5.00 Å². The second kappa shape index (κ2) is 2.58. The van der Waals surface area contributed by atoms with Crippen molar-refractivity contribution >= 4 is 39.9 Å². The van der Waals surface area contributed by atoms with Crippen molar-refractivity contribution in [1.82, 2.24) is 0 Å². The van der Waals surface area contributed by atoms with E-state index in [-0.39, 0.29) is 0 Å². The minimum absolute atomic E-state index is 0.841. The lowest BCUT2D eigenvalue weighted by Crippen LogP contribution is -1.85. The van der Waals surface area contributed by atoms with Gasteiger partial charge >= 0.3 is 0 Å². The van der Waals surface area contributed by atoms with Crippen LogP contribution in [0.1, 0.15) is 0 Å². The molecule has 1 aromatic heterocycles. The maximum absolute atomic E-state index is 5.35. The molecule has 0 spiro atoms. The largest absolute Gasteiger partial charge is 0.184 e. The number of thiophene rings is 1. The molecule has 0 saturated carbocycles. The SMILES string of the molecule is ClN(Cl)c1cccs1. The van der Waals surface area contributed by atoms with Crippen molar-refractivity contribution in [1.29, 1.82) is 0 Å². The zero-order chi connectivity index (χ0) is 5.98. The summed E-state index contributed by atoms with van der Waals surface area (Å²) in [6.45, 7) is 0. The van der Waals surface area contributed by atoms with E-state index in [1.165, 1.54) is 11.3 Å². The minimum Gasteiger partial charge on any atom is -0.184 e. The van der Waals surface area contributed by atoms with E-state index in [4.69, 9.17) is 23.6 Å². The molecule has 1 rings (SSSR count). The van der Waals surface area contributed by atoms with Crippen molar-refractivity contribution in [3.8, 4) is 0 Å². The lowest BCUT2D eigenvalue weighted by Gasteiger charge is -1.96. The molecular weight excluding hydrogens is 165 g/mol. The van der Waals surface area contributed by atoms with Gasteiger partial charge in [0.15, 0.2) is 0 Å². The number of halogens is 2. The normalized spacial score (nSPS) is 9.25. The van der Waals surface area contributed by atoms with Gasteiger partial charge < -0.3 is 0 Å². The van der Waals surface area contributed by atoms with Gasteiger partial charge in [-0.1, -0.05) is 0 Å². The molecule has 0 N–H and O–H groups in total. The summed E-state index contributed by atoms with van der Waals surface area (Å²) in [5, 5.41) is 2.75. The van der Waals surface area contributed by atoms with Crippen LogP contribution < -0.4 is 3.94 Å². The van der Waals surface area contributed by atoms with Crippen molar-refractivity contribution in [2.75, 3.05) is 3.94 Å². The highest BCUT2D eigenvalue weighted by molar-refractivity contribution is 7.15. The first kappa shape index (κ1) is 6.20. The molecule has 44 valence electrons. The molecular formula is C4H3Cl2NS. The Hall–Kier alpha value is 0.0800. The average Bonchev–Trinajstić information content (AvgIpc) is 2.12. The molecule has 4 heteroatoms. The third kappa shape index (κ3) is 1.28. The van der Waals surface area contributed by atoms with Crippen molar-refractivity contribution < 1.29 is 0 Å². The Labute approximate surface area is 61.7 Å². The number of rotatable bonds is 1. The zero-order valence-electron chi connectivity index (χ0n) is 3.84. The van der Waals surface area contributed by atoms with Crippen LogP contribution in [0, 0.1) is 0 Å². The highest BCUT2D eigenvalue weighted by Crippen LogP contribution is 2.24. The third-order valence-corrected chi connectivity index (χ3v) is 2.09. The van der Waals surface area contributed by atoms with Crippen molar-refractivity contribution in [2.24, 2.45) is 0 Å². The third-order valence-electron chi connectivity index (χ3n) is 0.673. The standard InChI is InChI=1S/C4H3Cl2NS/c5-7(6)4-2-1-3-8-4/h1-3H. The van der Waals surface area contributed by atoms with Gasteiger partial charge in [0.2, 0.25) is 0 Å². The Morgan fingerprint density at radius 3 is 2.50 bits per heavy atom. The molecule has 0 amide bonds. The Kier molecular flexibility index (Phi) is 2.00. The monoisotopic (exact) mass is 167 g/mol. The van der Waals surface area contributed by atoms with Crippen molar-refractivity contribution in [3.63, 3.8) is 0 Å².